The predicted molar refractivity (Wildman–Crippen MR) is 65.5 cm³/mol. The molecule has 0 saturated heterocycles. The number of nitrogens with two attached hydrogens (primary N) is 1. The smallest absolute Gasteiger partial charge is 0.231 e. The van der Waals surface area contributed by atoms with Gasteiger partial charge in [0.05, 0.1) is 12.8 Å². The van der Waals surface area contributed by atoms with Crippen LogP contribution in [-0.4, -0.2) is 13.3 Å². The van der Waals surface area contributed by atoms with E-state index in [0.717, 1.165) is 36.8 Å². The molecule has 0 fully saturated rings. The average Bonchev–Trinajstić information content (AvgIpc) is 3.05. The summed E-state index contributed by atoms with van der Waals surface area (Å²) in [6.45, 7) is 2.25. The summed E-state index contributed by atoms with van der Waals surface area (Å²) in [6.07, 6.45) is 2.72. The second kappa shape index (κ2) is 5.14. The molecular formula is C14H16NO3+. The molecule has 4 heteroatoms. The lowest BCUT2D eigenvalue weighted by Crippen LogP contribution is -2.83. The lowest BCUT2D eigenvalue weighted by Gasteiger charge is -2.02. The van der Waals surface area contributed by atoms with E-state index in [2.05, 4.69) is 17.4 Å². The number of quaternary nitrogens is 1. The third-order valence-electron chi connectivity index (χ3n) is 3.00. The van der Waals surface area contributed by atoms with Crippen LogP contribution in [0.2, 0.25) is 0 Å². The molecule has 0 saturated carbocycles. The Bertz CT molecular complexity index is 508. The molecule has 18 heavy (non-hydrogen) atoms. The van der Waals surface area contributed by atoms with Gasteiger partial charge < -0.3 is 19.2 Å². The zero-order valence-corrected chi connectivity index (χ0v) is 10.1. The fourth-order valence-electron chi connectivity index (χ4n) is 2.04. The summed E-state index contributed by atoms with van der Waals surface area (Å²) in [7, 11) is 0. The van der Waals surface area contributed by atoms with Gasteiger partial charge in [-0.1, -0.05) is 6.07 Å². The Morgan fingerprint density at radius 1 is 1.11 bits per heavy atom. The SMILES string of the molecule is c1coc(C[NH2+]CCc2ccc3c(c2)OCO3)c1. The highest BCUT2D eigenvalue weighted by atomic mass is 16.7. The van der Waals surface area contributed by atoms with Crippen molar-refractivity contribution in [3.8, 4) is 11.5 Å². The van der Waals surface area contributed by atoms with Crippen molar-refractivity contribution in [2.24, 2.45) is 0 Å². The molecule has 0 aliphatic carbocycles. The average molecular weight is 246 g/mol. The molecule has 0 bridgehead atoms. The molecule has 0 amide bonds. The van der Waals surface area contributed by atoms with Crippen LogP contribution < -0.4 is 14.8 Å². The minimum Gasteiger partial charge on any atom is -0.463 e. The second-order valence-corrected chi connectivity index (χ2v) is 4.30. The molecule has 1 aromatic carbocycles. The summed E-state index contributed by atoms with van der Waals surface area (Å²) in [5, 5.41) is 2.24. The fraction of sp³-hybridized carbons (Fsp3) is 0.286. The quantitative estimate of drug-likeness (QED) is 0.809. The first-order valence-corrected chi connectivity index (χ1v) is 6.14. The summed E-state index contributed by atoms with van der Waals surface area (Å²) in [5.41, 5.74) is 1.27. The zero-order chi connectivity index (χ0) is 12.2. The van der Waals surface area contributed by atoms with Crippen LogP contribution in [0.1, 0.15) is 11.3 Å². The first-order valence-electron chi connectivity index (χ1n) is 6.14. The number of hydrogen-bond acceptors (Lipinski definition) is 3. The summed E-state index contributed by atoms with van der Waals surface area (Å²) in [6, 6.07) is 10.0. The van der Waals surface area contributed by atoms with Crippen LogP contribution in [0.3, 0.4) is 0 Å². The van der Waals surface area contributed by atoms with Crippen molar-refractivity contribution in [3.63, 3.8) is 0 Å². The van der Waals surface area contributed by atoms with Gasteiger partial charge in [-0.2, -0.15) is 0 Å². The van der Waals surface area contributed by atoms with Gasteiger partial charge >= 0.3 is 0 Å². The van der Waals surface area contributed by atoms with Crippen LogP contribution in [0, 0.1) is 0 Å². The highest BCUT2D eigenvalue weighted by molar-refractivity contribution is 5.44. The van der Waals surface area contributed by atoms with E-state index < -0.39 is 0 Å². The molecule has 1 aromatic heterocycles. The van der Waals surface area contributed by atoms with Crippen molar-refractivity contribution >= 4 is 0 Å². The number of benzene rings is 1. The van der Waals surface area contributed by atoms with E-state index in [9.17, 15) is 0 Å². The minimum atomic E-state index is 0.337. The summed E-state index contributed by atoms with van der Waals surface area (Å²) in [4.78, 5) is 0. The van der Waals surface area contributed by atoms with Gasteiger partial charge in [0, 0.05) is 6.42 Å². The molecule has 2 heterocycles. The number of rotatable bonds is 5. The van der Waals surface area contributed by atoms with Gasteiger partial charge in [0.25, 0.3) is 0 Å². The van der Waals surface area contributed by atoms with Crippen LogP contribution in [0.15, 0.2) is 41.0 Å². The van der Waals surface area contributed by atoms with Crippen LogP contribution in [0.5, 0.6) is 11.5 Å². The molecule has 2 aromatic rings. The van der Waals surface area contributed by atoms with Gasteiger partial charge in [0.1, 0.15) is 6.54 Å². The topological polar surface area (TPSA) is 48.2 Å². The first-order chi connectivity index (χ1) is 8.92. The Kier molecular flexibility index (Phi) is 3.19. The molecule has 0 spiro atoms. The van der Waals surface area contributed by atoms with Crippen molar-refractivity contribution in [1.29, 1.82) is 0 Å². The highest BCUT2D eigenvalue weighted by Crippen LogP contribution is 2.32. The van der Waals surface area contributed by atoms with Crippen LogP contribution in [0.4, 0.5) is 0 Å². The summed E-state index contributed by atoms with van der Waals surface area (Å²) in [5.74, 6) is 2.72. The van der Waals surface area contributed by atoms with Crippen LogP contribution in [-0.2, 0) is 13.0 Å². The van der Waals surface area contributed by atoms with E-state index in [-0.39, 0.29) is 0 Å². The standard InChI is InChI=1S/C14H15NO3/c1-2-12(16-7-1)9-15-6-5-11-3-4-13-14(8-11)18-10-17-13/h1-4,7-8,15H,5-6,9-10H2/p+1. The van der Waals surface area contributed by atoms with Gasteiger partial charge in [-0.3, -0.25) is 0 Å². The van der Waals surface area contributed by atoms with Crippen molar-refractivity contribution in [1.82, 2.24) is 0 Å². The zero-order valence-electron chi connectivity index (χ0n) is 10.1. The molecular weight excluding hydrogens is 230 g/mol. The molecule has 3 rings (SSSR count). The Morgan fingerprint density at radius 2 is 2.06 bits per heavy atom. The molecule has 94 valence electrons. The molecule has 4 nitrogen and oxygen atoms in total. The van der Waals surface area contributed by atoms with E-state index in [1.807, 2.05) is 18.2 Å². The number of hydrogen-bond donors (Lipinski definition) is 1. The molecule has 1 aliphatic rings. The number of furan rings is 1. The molecule has 0 atom stereocenters. The monoisotopic (exact) mass is 246 g/mol. The molecule has 2 N–H and O–H groups in total. The van der Waals surface area contributed by atoms with E-state index in [4.69, 9.17) is 13.9 Å². The maximum Gasteiger partial charge on any atom is 0.231 e. The van der Waals surface area contributed by atoms with Gasteiger partial charge in [-0.25, -0.2) is 0 Å². The Morgan fingerprint density at radius 3 is 2.94 bits per heavy atom. The molecule has 0 radical (unpaired) electrons. The van der Waals surface area contributed by atoms with E-state index in [1.54, 1.807) is 6.26 Å². The maximum atomic E-state index is 5.36. The fourth-order valence-corrected chi connectivity index (χ4v) is 2.04. The third-order valence-corrected chi connectivity index (χ3v) is 3.00. The van der Waals surface area contributed by atoms with Crippen LogP contribution >= 0.6 is 0 Å². The second-order valence-electron chi connectivity index (χ2n) is 4.30. The van der Waals surface area contributed by atoms with Gasteiger partial charge in [0.2, 0.25) is 6.79 Å². The normalized spacial score (nSPS) is 12.9. The minimum absolute atomic E-state index is 0.337. The third kappa shape index (κ3) is 2.49. The predicted octanol–water partition coefficient (Wildman–Crippen LogP) is 1.31. The maximum absolute atomic E-state index is 5.36. The van der Waals surface area contributed by atoms with Crippen molar-refractivity contribution < 1.29 is 19.2 Å². The van der Waals surface area contributed by atoms with Crippen LogP contribution in [0.25, 0.3) is 0 Å². The van der Waals surface area contributed by atoms with Gasteiger partial charge in [-0.15, -0.1) is 0 Å². The number of fused-ring (bicyclic) bond motifs is 1. The van der Waals surface area contributed by atoms with Gasteiger partial charge in [-0.05, 0) is 29.8 Å². The first kappa shape index (κ1) is 11.2. The highest BCUT2D eigenvalue weighted by Gasteiger charge is 2.13. The number of ether oxygens (including phenoxy) is 2. The molecule has 1 aliphatic heterocycles. The Balaban J connectivity index is 1.48. The lowest BCUT2D eigenvalue weighted by molar-refractivity contribution is -0.671. The summed E-state index contributed by atoms with van der Waals surface area (Å²) >= 11 is 0. The Hall–Kier alpha value is -1.94. The van der Waals surface area contributed by atoms with E-state index in [0.29, 0.717) is 6.79 Å². The lowest BCUT2D eigenvalue weighted by atomic mass is 10.1. The largest absolute Gasteiger partial charge is 0.463 e. The van der Waals surface area contributed by atoms with Crippen molar-refractivity contribution in [2.45, 2.75) is 13.0 Å². The van der Waals surface area contributed by atoms with Crippen molar-refractivity contribution in [3.05, 3.63) is 47.9 Å². The Labute approximate surface area is 106 Å². The molecule has 0 unspecified atom stereocenters. The van der Waals surface area contributed by atoms with E-state index >= 15 is 0 Å². The van der Waals surface area contributed by atoms with E-state index in [1.165, 1.54) is 5.56 Å². The van der Waals surface area contributed by atoms with Gasteiger partial charge in [0.15, 0.2) is 17.3 Å². The summed E-state index contributed by atoms with van der Waals surface area (Å²) < 4.78 is 15.9. The van der Waals surface area contributed by atoms with Crippen molar-refractivity contribution in [2.75, 3.05) is 13.3 Å².